The van der Waals surface area contributed by atoms with Gasteiger partial charge >= 0.3 is 11.9 Å². The summed E-state index contributed by atoms with van der Waals surface area (Å²) in [5.41, 5.74) is 0.507. The first-order valence-corrected chi connectivity index (χ1v) is 8.37. The van der Waals surface area contributed by atoms with Crippen LogP contribution in [0.3, 0.4) is 0 Å². The van der Waals surface area contributed by atoms with Gasteiger partial charge in [-0.1, -0.05) is 25.5 Å². The molecule has 0 aliphatic rings. The van der Waals surface area contributed by atoms with E-state index in [0.717, 1.165) is 31.3 Å². The highest BCUT2D eigenvalue weighted by molar-refractivity contribution is 5.83. The minimum atomic E-state index is -0.389. The lowest BCUT2D eigenvalue weighted by molar-refractivity contribution is -0.154. The topological polar surface area (TPSA) is 52.6 Å². The zero-order chi connectivity index (χ0) is 17.9. The average Bonchev–Trinajstić information content (AvgIpc) is 2.36. The molecule has 132 valence electrons. The predicted octanol–water partition coefficient (Wildman–Crippen LogP) is 4.59. The minimum Gasteiger partial charge on any atom is -0.463 e. The first-order chi connectivity index (χ1) is 10.7. The molecule has 0 aromatic rings. The molecule has 4 heteroatoms. The number of esters is 2. The Morgan fingerprint density at radius 2 is 1.87 bits per heavy atom. The van der Waals surface area contributed by atoms with Crippen molar-refractivity contribution >= 4 is 11.9 Å². The number of allylic oxidation sites excluding steroid dienone is 3. The second-order valence-corrected chi connectivity index (χ2v) is 6.63. The van der Waals surface area contributed by atoms with Gasteiger partial charge in [-0.2, -0.15) is 0 Å². The first kappa shape index (κ1) is 21.4. The molecular formula is C19H32O4. The van der Waals surface area contributed by atoms with Gasteiger partial charge in [-0.3, -0.25) is 4.79 Å². The smallest absolute Gasteiger partial charge is 0.330 e. The van der Waals surface area contributed by atoms with Crippen LogP contribution in [0.1, 0.15) is 67.2 Å². The van der Waals surface area contributed by atoms with Crippen LogP contribution in [0.15, 0.2) is 23.8 Å². The number of hydrogen-bond donors (Lipinski definition) is 0. The van der Waals surface area contributed by atoms with E-state index >= 15 is 0 Å². The lowest BCUT2D eigenvalue weighted by Crippen LogP contribution is -2.26. The van der Waals surface area contributed by atoms with E-state index in [0.29, 0.717) is 12.5 Å². The summed E-state index contributed by atoms with van der Waals surface area (Å²) in [5, 5.41) is 0. The van der Waals surface area contributed by atoms with Crippen molar-refractivity contribution in [2.75, 3.05) is 6.61 Å². The molecule has 0 amide bonds. The third kappa shape index (κ3) is 12.6. The normalized spacial score (nSPS) is 13.9. The van der Waals surface area contributed by atoms with Crippen LogP contribution in [0.4, 0.5) is 0 Å². The lowest BCUT2D eigenvalue weighted by Gasteiger charge is -2.24. The zero-order valence-electron chi connectivity index (χ0n) is 15.5. The lowest BCUT2D eigenvalue weighted by atomic mass is 9.94. The van der Waals surface area contributed by atoms with Crippen molar-refractivity contribution in [1.82, 2.24) is 0 Å². The van der Waals surface area contributed by atoms with Crippen LogP contribution in [0.5, 0.6) is 0 Å². The maximum atomic E-state index is 11.3. The van der Waals surface area contributed by atoms with Gasteiger partial charge in [-0.05, 0) is 58.4 Å². The van der Waals surface area contributed by atoms with Crippen molar-refractivity contribution in [3.05, 3.63) is 23.8 Å². The summed E-state index contributed by atoms with van der Waals surface area (Å²) in [4.78, 5) is 22.3. The summed E-state index contributed by atoms with van der Waals surface area (Å²) in [6.45, 7) is 11.6. The Kier molecular flexibility index (Phi) is 10.3. The molecule has 1 unspecified atom stereocenters. The molecule has 0 aromatic heterocycles. The number of rotatable bonds is 10. The van der Waals surface area contributed by atoms with Crippen LogP contribution >= 0.6 is 0 Å². The zero-order valence-corrected chi connectivity index (χ0v) is 15.5. The maximum absolute atomic E-state index is 11.3. The molecule has 23 heavy (non-hydrogen) atoms. The van der Waals surface area contributed by atoms with E-state index in [2.05, 4.69) is 13.0 Å². The molecule has 0 rings (SSSR count). The Hall–Kier alpha value is -1.58. The minimum absolute atomic E-state index is 0.227. The number of carbonyl (C=O) groups excluding carboxylic acids is 2. The summed E-state index contributed by atoms with van der Waals surface area (Å²) in [7, 11) is 0. The predicted molar refractivity (Wildman–Crippen MR) is 93.0 cm³/mol. The Bertz CT molecular complexity index is 433. The van der Waals surface area contributed by atoms with Gasteiger partial charge in [0.25, 0.3) is 0 Å². The molecular weight excluding hydrogens is 292 g/mol. The van der Waals surface area contributed by atoms with Gasteiger partial charge in [0.2, 0.25) is 0 Å². The number of carbonyl (C=O) groups is 2. The largest absolute Gasteiger partial charge is 0.463 e. The van der Waals surface area contributed by atoms with Crippen molar-refractivity contribution in [3.8, 4) is 0 Å². The van der Waals surface area contributed by atoms with Crippen LogP contribution in [0, 0.1) is 5.92 Å². The molecule has 0 spiro atoms. The molecule has 0 radical (unpaired) electrons. The monoisotopic (exact) mass is 324 g/mol. The van der Waals surface area contributed by atoms with Crippen molar-refractivity contribution < 1.29 is 19.1 Å². The number of hydrogen-bond acceptors (Lipinski definition) is 4. The highest BCUT2D eigenvalue weighted by atomic mass is 16.6. The van der Waals surface area contributed by atoms with Crippen molar-refractivity contribution in [1.29, 1.82) is 0 Å². The van der Waals surface area contributed by atoms with E-state index < -0.39 is 0 Å². The highest BCUT2D eigenvalue weighted by Crippen LogP contribution is 2.21. The van der Waals surface area contributed by atoms with Crippen molar-refractivity contribution in [2.24, 2.45) is 5.92 Å². The Morgan fingerprint density at radius 1 is 1.22 bits per heavy atom. The molecule has 0 saturated carbocycles. The Balaban J connectivity index is 4.07. The van der Waals surface area contributed by atoms with E-state index in [4.69, 9.17) is 9.47 Å². The second kappa shape index (κ2) is 11.0. The molecule has 0 aromatic carbocycles. The van der Waals surface area contributed by atoms with Crippen LogP contribution in [0.2, 0.25) is 0 Å². The molecule has 1 atom stereocenters. The van der Waals surface area contributed by atoms with Gasteiger partial charge in [0.1, 0.15) is 5.60 Å². The van der Waals surface area contributed by atoms with Crippen LogP contribution in [-0.4, -0.2) is 24.1 Å². The summed E-state index contributed by atoms with van der Waals surface area (Å²) >= 11 is 0. The fraction of sp³-hybridized carbons (Fsp3) is 0.684. The molecule has 4 nitrogen and oxygen atoms in total. The standard InChI is InChI=1S/C19H32O4/c1-7-22-18(21)14-16(3)11-8-10-15(2)12-9-13-19(5,6)23-17(4)20/h8,11,14-15H,7,9-10,12-13H2,1-6H3/b11-8+,16-14+. The summed E-state index contributed by atoms with van der Waals surface area (Å²) in [5.74, 6) is 0.0278. The molecule has 0 aliphatic heterocycles. The van der Waals surface area contributed by atoms with Crippen LogP contribution in [0.25, 0.3) is 0 Å². The van der Waals surface area contributed by atoms with Gasteiger partial charge in [-0.25, -0.2) is 4.79 Å². The highest BCUT2D eigenvalue weighted by Gasteiger charge is 2.20. The third-order valence-electron chi connectivity index (χ3n) is 3.45. The summed E-state index contributed by atoms with van der Waals surface area (Å²) < 4.78 is 10.2. The van der Waals surface area contributed by atoms with E-state index in [-0.39, 0.29) is 17.5 Å². The number of ether oxygens (including phenoxy) is 2. The van der Waals surface area contributed by atoms with Gasteiger partial charge in [0.15, 0.2) is 0 Å². The van der Waals surface area contributed by atoms with E-state index in [9.17, 15) is 9.59 Å². The SMILES string of the molecule is CCOC(=O)/C=C(C)/C=C/CC(C)CCCC(C)(C)OC(C)=O. The van der Waals surface area contributed by atoms with E-state index in [1.165, 1.54) is 13.0 Å². The third-order valence-corrected chi connectivity index (χ3v) is 3.45. The van der Waals surface area contributed by atoms with Gasteiger partial charge < -0.3 is 9.47 Å². The quantitative estimate of drug-likeness (QED) is 0.335. The Labute approximate surface area is 140 Å². The van der Waals surface area contributed by atoms with Crippen LogP contribution < -0.4 is 0 Å². The van der Waals surface area contributed by atoms with Gasteiger partial charge in [0, 0.05) is 13.0 Å². The molecule has 0 fully saturated rings. The van der Waals surface area contributed by atoms with Crippen molar-refractivity contribution in [3.63, 3.8) is 0 Å². The summed E-state index contributed by atoms with van der Waals surface area (Å²) in [6.07, 6.45) is 9.47. The van der Waals surface area contributed by atoms with Gasteiger partial charge in [-0.15, -0.1) is 0 Å². The van der Waals surface area contributed by atoms with E-state index in [1.54, 1.807) is 6.92 Å². The second-order valence-electron chi connectivity index (χ2n) is 6.63. The fourth-order valence-corrected chi connectivity index (χ4v) is 2.34. The maximum Gasteiger partial charge on any atom is 0.330 e. The van der Waals surface area contributed by atoms with Crippen molar-refractivity contribution in [2.45, 2.75) is 72.8 Å². The molecule has 0 N–H and O–H groups in total. The molecule has 0 saturated heterocycles. The summed E-state index contributed by atoms with van der Waals surface area (Å²) in [6, 6.07) is 0. The van der Waals surface area contributed by atoms with E-state index in [1.807, 2.05) is 26.8 Å². The fourth-order valence-electron chi connectivity index (χ4n) is 2.34. The first-order valence-electron chi connectivity index (χ1n) is 8.37. The van der Waals surface area contributed by atoms with Gasteiger partial charge in [0.05, 0.1) is 6.61 Å². The molecule has 0 aliphatic carbocycles. The average molecular weight is 324 g/mol. The Morgan fingerprint density at radius 3 is 2.43 bits per heavy atom. The van der Waals surface area contributed by atoms with Crippen LogP contribution in [-0.2, 0) is 19.1 Å². The molecule has 0 heterocycles. The molecule has 0 bridgehead atoms.